The molecule has 0 amide bonds. The predicted octanol–water partition coefficient (Wildman–Crippen LogP) is 3.30. The van der Waals surface area contributed by atoms with Crippen LogP contribution in [0.2, 0.25) is 0 Å². The zero-order valence-corrected chi connectivity index (χ0v) is 17.3. The van der Waals surface area contributed by atoms with E-state index in [4.69, 9.17) is 0 Å². The molecule has 2 aromatic carbocycles. The van der Waals surface area contributed by atoms with Crippen LogP contribution in [0.1, 0.15) is 30.9 Å². The number of hydrogen-bond donors (Lipinski definition) is 2. The summed E-state index contributed by atoms with van der Waals surface area (Å²) >= 11 is 0. The third-order valence-electron chi connectivity index (χ3n) is 5.82. The van der Waals surface area contributed by atoms with Crippen molar-refractivity contribution < 1.29 is 22.7 Å². The van der Waals surface area contributed by atoms with Gasteiger partial charge in [-0.3, -0.25) is 4.79 Å². The quantitative estimate of drug-likeness (QED) is 0.605. The maximum absolute atomic E-state index is 13.3. The van der Waals surface area contributed by atoms with Gasteiger partial charge in [0.1, 0.15) is 5.82 Å². The van der Waals surface area contributed by atoms with Crippen molar-refractivity contribution in [1.29, 1.82) is 0 Å². The first-order chi connectivity index (χ1) is 14.8. The molecular weight excluding hydrogens is 423 g/mol. The summed E-state index contributed by atoms with van der Waals surface area (Å²) in [6.45, 7) is 0.103. The highest BCUT2D eigenvalue weighted by molar-refractivity contribution is 7.87. The lowest BCUT2D eigenvalue weighted by molar-refractivity contribution is -0.141. The van der Waals surface area contributed by atoms with E-state index in [0.29, 0.717) is 11.2 Å². The van der Waals surface area contributed by atoms with Crippen LogP contribution in [0, 0.1) is 11.7 Å². The molecule has 162 valence electrons. The molecular formula is C21H21FN4O4S. The first-order valence-corrected chi connectivity index (χ1v) is 11.5. The minimum atomic E-state index is -3.98. The number of nitrogens with zero attached hydrogens (tertiary/aromatic N) is 3. The zero-order valence-electron chi connectivity index (χ0n) is 16.5. The lowest BCUT2D eigenvalue weighted by Crippen LogP contribution is -2.35. The van der Waals surface area contributed by atoms with E-state index in [1.165, 1.54) is 16.4 Å². The molecule has 3 aromatic rings. The summed E-state index contributed by atoms with van der Waals surface area (Å²) in [5.74, 6) is -1.80. The van der Waals surface area contributed by atoms with Crippen LogP contribution in [0.25, 0.3) is 10.9 Å². The van der Waals surface area contributed by atoms with Gasteiger partial charge >= 0.3 is 16.2 Å². The van der Waals surface area contributed by atoms with Crippen LogP contribution in [-0.4, -0.2) is 46.1 Å². The molecule has 2 aliphatic rings. The number of benzene rings is 2. The minimum Gasteiger partial charge on any atom is -0.481 e. The molecule has 1 saturated carbocycles. The van der Waals surface area contributed by atoms with Crippen molar-refractivity contribution in [2.75, 3.05) is 18.4 Å². The molecule has 8 nitrogen and oxygen atoms in total. The number of carboxylic acids is 1. The Hall–Kier alpha value is -2.98. The average Bonchev–Trinajstić information content (AvgIpc) is 3.31. The Kier molecular flexibility index (Phi) is 4.71. The topological polar surface area (TPSA) is 105 Å². The second-order valence-electron chi connectivity index (χ2n) is 8.06. The Bertz CT molecular complexity index is 1270. The number of halogens is 1. The summed E-state index contributed by atoms with van der Waals surface area (Å²) in [5, 5.41) is 17.6. The predicted molar refractivity (Wildman–Crippen MR) is 113 cm³/mol. The maximum atomic E-state index is 13.3. The number of aromatic nitrogens is 2. The number of rotatable bonds is 6. The number of hydrogen-bond acceptors (Lipinski definition) is 5. The number of carbonyl (C=O) groups is 1. The molecule has 5 rings (SSSR count). The van der Waals surface area contributed by atoms with E-state index in [1.54, 1.807) is 24.3 Å². The molecule has 1 aliphatic heterocycles. The molecule has 2 heterocycles. The van der Waals surface area contributed by atoms with E-state index >= 15 is 0 Å². The monoisotopic (exact) mass is 444 g/mol. The van der Waals surface area contributed by atoms with Gasteiger partial charge in [-0.15, -0.1) is 4.09 Å². The van der Waals surface area contributed by atoms with Crippen molar-refractivity contribution in [3.63, 3.8) is 0 Å². The molecule has 1 aromatic heterocycles. The smallest absolute Gasteiger partial charge is 0.323 e. The summed E-state index contributed by atoms with van der Waals surface area (Å²) in [5.41, 5.74) is 2.65. The van der Waals surface area contributed by atoms with Crippen molar-refractivity contribution in [1.82, 2.24) is 13.5 Å². The van der Waals surface area contributed by atoms with Gasteiger partial charge in [0.2, 0.25) is 0 Å². The molecule has 1 aliphatic carbocycles. The lowest BCUT2D eigenvalue weighted by atomic mass is 10.1. The SMILES string of the molecule is O=C(O)C1CCN(S(=O)(=O)n2nc(C3CC3)c3cc(Nc4ccc(F)cc4)ccc32)C1. The van der Waals surface area contributed by atoms with Gasteiger partial charge in [-0.2, -0.15) is 17.8 Å². The largest absolute Gasteiger partial charge is 0.481 e. The Labute approximate surface area is 178 Å². The normalized spacial score (nSPS) is 19.7. The Balaban J connectivity index is 1.52. The van der Waals surface area contributed by atoms with Gasteiger partial charge in [-0.05, 0) is 61.7 Å². The Morgan fingerprint density at radius 3 is 2.45 bits per heavy atom. The van der Waals surface area contributed by atoms with E-state index in [9.17, 15) is 22.7 Å². The molecule has 1 atom stereocenters. The fourth-order valence-corrected chi connectivity index (χ4v) is 5.50. The highest BCUT2D eigenvalue weighted by Gasteiger charge is 2.38. The highest BCUT2D eigenvalue weighted by atomic mass is 32.2. The third kappa shape index (κ3) is 3.66. The minimum absolute atomic E-state index is 0.0536. The van der Waals surface area contributed by atoms with Crippen molar-refractivity contribution in [3.05, 3.63) is 54.0 Å². The molecule has 0 bridgehead atoms. The van der Waals surface area contributed by atoms with Crippen molar-refractivity contribution in [2.24, 2.45) is 5.92 Å². The summed E-state index contributed by atoms with van der Waals surface area (Å²) < 4.78 is 41.9. The number of aliphatic carboxylic acids is 1. The van der Waals surface area contributed by atoms with Crippen LogP contribution in [0.4, 0.5) is 15.8 Å². The van der Waals surface area contributed by atoms with Crippen LogP contribution < -0.4 is 5.32 Å². The van der Waals surface area contributed by atoms with Crippen molar-refractivity contribution in [3.8, 4) is 0 Å². The zero-order chi connectivity index (χ0) is 21.8. The second-order valence-corrected chi connectivity index (χ2v) is 9.81. The number of fused-ring (bicyclic) bond motifs is 1. The van der Waals surface area contributed by atoms with E-state index in [0.717, 1.165) is 33.7 Å². The van der Waals surface area contributed by atoms with Gasteiger partial charge in [0.15, 0.2) is 0 Å². The standard InChI is InChI=1S/C21H21FN4O4S/c22-15-3-5-16(6-4-15)23-17-7-8-19-18(11-17)20(13-1-2-13)24-26(19)31(29,30)25-10-9-14(12-25)21(27)28/h3-8,11,13-14,23H,1-2,9-10,12H2,(H,27,28). The summed E-state index contributed by atoms with van der Waals surface area (Å²) in [4.78, 5) is 11.3. The molecule has 2 fully saturated rings. The third-order valence-corrected chi connectivity index (χ3v) is 7.52. The first kappa shape index (κ1) is 20.0. The van der Waals surface area contributed by atoms with E-state index in [1.807, 2.05) is 6.07 Å². The maximum Gasteiger partial charge on any atom is 0.323 e. The van der Waals surface area contributed by atoms with Crippen LogP contribution in [0.3, 0.4) is 0 Å². The summed E-state index contributed by atoms with van der Waals surface area (Å²) in [7, 11) is -3.98. The fourth-order valence-electron chi connectivity index (χ4n) is 3.97. The molecule has 10 heteroatoms. The van der Waals surface area contributed by atoms with Gasteiger partial charge < -0.3 is 10.4 Å². The molecule has 1 saturated heterocycles. The lowest BCUT2D eigenvalue weighted by Gasteiger charge is -2.16. The molecule has 1 unspecified atom stereocenters. The van der Waals surface area contributed by atoms with E-state index in [2.05, 4.69) is 10.4 Å². The number of anilines is 2. The molecule has 2 N–H and O–H groups in total. The Morgan fingerprint density at radius 2 is 1.81 bits per heavy atom. The molecule has 0 spiro atoms. The fraction of sp³-hybridized carbons (Fsp3) is 0.333. The Morgan fingerprint density at radius 1 is 1.10 bits per heavy atom. The number of carboxylic acid groups (broad SMARTS) is 1. The van der Waals surface area contributed by atoms with Crippen molar-refractivity contribution in [2.45, 2.75) is 25.2 Å². The highest BCUT2D eigenvalue weighted by Crippen LogP contribution is 2.43. The van der Waals surface area contributed by atoms with Gasteiger partial charge in [0.25, 0.3) is 0 Å². The first-order valence-electron chi connectivity index (χ1n) is 10.1. The number of nitrogens with one attached hydrogen (secondary N) is 1. The van der Waals surface area contributed by atoms with Crippen LogP contribution in [-0.2, 0) is 15.0 Å². The van der Waals surface area contributed by atoms with Gasteiger partial charge in [-0.1, -0.05) is 0 Å². The van der Waals surface area contributed by atoms with Crippen LogP contribution in [0.15, 0.2) is 42.5 Å². The molecule has 31 heavy (non-hydrogen) atoms. The van der Waals surface area contributed by atoms with Gasteiger partial charge in [0, 0.05) is 35.8 Å². The van der Waals surface area contributed by atoms with E-state index < -0.39 is 22.1 Å². The molecule has 0 radical (unpaired) electrons. The van der Waals surface area contributed by atoms with Gasteiger partial charge in [0.05, 0.1) is 17.1 Å². The second kappa shape index (κ2) is 7.31. The van der Waals surface area contributed by atoms with Gasteiger partial charge in [-0.25, -0.2) is 4.39 Å². The van der Waals surface area contributed by atoms with Crippen LogP contribution >= 0.6 is 0 Å². The van der Waals surface area contributed by atoms with E-state index in [-0.39, 0.29) is 31.2 Å². The summed E-state index contributed by atoms with van der Waals surface area (Å²) in [6.07, 6.45) is 2.19. The summed E-state index contributed by atoms with van der Waals surface area (Å²) in [6, 6.07) is 11.3. The van der Waals surface area contributed by atoms with Crippen molar-refractivity contribution >= 4 is 38.5 Å². The van der Waals surface area contributed by atoms with Crippen LogP contribution in [0.5, 0.6) is 0 Å². The average molecular weight is 444 g/mol.